The molecule has 0 aromatic carbocycles. The maximum atomic E-state index is 12.4. The number of nitrogens with zero attached hydrogens (tertiary/aromatic N) is 1. The molecule has 4 fully saturated rings. The number of piperazine rings is 1. The summed E-state index contributed by atoms with van der Waals surface area (Å²) >= 11 is 0. The predicted octanol–water partition coefficient (Wildman–Crippen LogP) is 4.11. The van der Waals surface area contributed by atoms with E-state index in [1.54, 1.807) is 5.57 Å². The van der Waals surface area contributed by atoms with Gasteiger partial charge < -0.3 is 15.0 Å². The number of carbonyl (C=O) groups excluding carboxylic acids is 1. The smallest absolute Gasteiger partial charge is 0.410 e. The SMILES string of the molecule is O=C(OC1CCC2=C3CCC4CCCC4C3CCC2C1)N1CCNCC1. The van der Waals surface area contributed by atoms with E-state index in [4.69, 9.17) is 4.74 Å². The normalized spacial score (nSPS) is 39.8. The molecule has 1 amide bonds. The van der Waals surface area contributed by atoms with Crippen molar-refractivity contribution in [3.05, 3.63) is 11.1 Å². The number of carbonyl (C=O) groups is 1. The lowest BCUT2D eigenvalue weighted by molar-refractivity contribution is 0.0360. The van der Waals surface area contributed by atoms with Crippen LogP contribution in [0.2, 0.25) is 0 Å². The summed E-state index contributed by atoms with van der Waals surface area (Å²) in [7, 11) is 0. The molecular formula is C22H34N2O2. The number of ether oxygens (including phenoxy) is 1. The van der Waals surface area contributed by atoms with Crippen molar-refractivity contribution in [2.24, 2.45) is 23.7 Å². The summed E-state index contributed by atoms with van der Waals surface area (Å²) < 4.78 is 5.92. The fourth-order valence-corrected chi connectivity index (χ4v) is 6.89. The molecule has 1 N–H and O–H groups in total. The highest BCUT2D eigenvalue weighted by molar-refractivity contribution is 5.68. The van der Waals surface area contributed by atoms with Crippen LogP contribution in [0.15, 0.2) is 11.1 Å². The van der Waals surface area contributed by atoms with Crippen LogP contribution in [0.3, 0.4) is 0 Å². The molecule has 5 unspecified atom stereocenters. The third kappa shape index (κ3) is 3.08. The molecule has 0 spiro atoms. The van der Waals surface area contributed by atoms with E-state index in [9.17, 15) is 4.79 Å². The molecule has 5 rings (SSSR count). The van der Waals surface area contributed by atoms with E-state index in [-0.39, 0.29) is 12.2 Å². The average molecular weight is 359 g/mol. The van der Waals surface area contributed by atoms with E-state index < -0.39 is 0 Å². The van der Waals surface area contributed by atoms with Crippen LogP contribution >= 0.6 is 0 Å². The second-order valence-corrected chi connectivity index (χ2v) is 9.34. The summed E-state index contributed by atoms with van der Waals surface area (Å²) in [4.78, 5) is 14.3. The summed E-state index contributed by atoms with van der Waals surface area (Å²) in [6, 6.07) is 0. The fraction of sp³-hybridized carbons (Fsp3) is 0.864. The van der Waals surface area contributed by atoms with Crippen LogP contribution in [-0.4, -0.2) is 43.3 Å². The summed E-state index contributed by atoms with van der Waals surface area (Å²) in [6.07, 6.45) is 13.4. The zero-order chi connectivity index (χ0) is 17.5. The number of rotatable bonds is 1. The highest BCUT2D eigenvalue weighted by Gasteiger charge is 2.44. The molecule has 0 aromatic rings. The zero-order valence-electron chi connectivity index (χ0n) is 16.0. The number of nitrogens with one attached hydrogen (secondary N) is 1. The Balaban J connectivity index is 1.24. The van der Waals surface area contributed by atoms with Crippen molar-refractivity contribution >= 4 is 6.09 Å². The van der Waals surface area contributed by atoms with E-state index >= 15 is 0 Å². The third-order valence-electron chi connectivity index (χ3n) is 8.12. The molecule has 1 aliphatic heterocycles. The van der Waals surface area contributed by atoms with Crippen LogP contribution in [-0.2, 0) is 4.74 Å². The zero-order valence-corrected chi connectivity index (χ0v) is 16.0. The van der Waals surface area contributed by atoms with Crippen molar-refractivity contribution in [2.45, 2.75) is 70.3 Å². The summed E-state index contributed by atoms with van der Waals surface area (Å²) in [5, 5.41) is 3.30. The molecule has 3 saturated carbocycles. The molecule has 4 nitrogen and oxygen atoms in total. The monoisotopic (exact) mass is 358 g/mol. The molecule has 144 valence electrons. The Morgan fingerprint density at radius 2 is 1.81 bits per heavy atom. The first kappa shape index (κ1) is 17.1. The fourth-order valence-electron chi connectivity index (χ4n) is 6.89. The van der Waals surface area contributed by atoms with Gasteiger partial charge in [0.1, 0.15) is 6.10 Å². The maximum Gasteiger partial charge on any atom is 0.410 e. The number of amides is 1. The van der Waals surface area contributed by atoms with Crippen molar-refractivity contribution in [3.63, 3.8) is 0 Å². The Morgan fingerprint density at radius 3 is 2.69 bits per heavy atom. The van der Waals surface area contributed by atoms with Gasteiger partial charge in [-0.15, -0.1) is 0 Å². The lowest BCUT2D eigenvalue weighted by Gasteiger charge is -2.45. The van der Waals surface area contributed by atoms with E-state index in [2.05, 4.69) is 5.32 Å². The van der Waals surface area contributed by atoms with Crippen LogP contribution < -0.4 is 5.32 Å². The number of fused-ring (bicyclic) bond motifs is 4. The number of hydrogen-bond donors (Lipinski definition) is 1. The van der Waals surface area contributed by atoms with E-state index in [1.165, 1.54) is 51.4 Å². The minimum atomic E-state index is -0.0762. The Morgan fingerprint density at radius 1 is 0.962 bits per heavy atom. The van der Waals surface area contributed by atoms with Crippen molar-refractivity contribution in [2.75, 3.05) is 26.2 Å². The van der Waals surface area contributed by atoms with Crippen molar-refractivity contribution in [3.8, 4) is 0 Å². The first-order valence-corrected chi connectivity index (χ1v) is 11.2. The lowest BCUT2D eigenvalue weighted by Crippen LogP contribution is -2.47. The molecule has 0 radical (unpaired) electrons. The molecule has 4 heteroatoms. The summed E-state index contributed by atoms with van der Waals surface area (Å²) in [5.41, 5.74) is 3.68. The molecule has 1 saturated heterocycles. The molecule has 5 atom stereocenters. The van der Waals surface area contributed by atoms with E-state index in [1.807, 2.05) is 10.5 Å². The second-order valence-electron chi connectivity index (χ2n) is 9.34. The molecule has 5 aliphatic rings. The summed E-state index contributed by atoms with van der Waals surface area (Å²) in [6.45, 7) is 3.35. The Labute approximate surface area is 157 Å². The van der Waals surface area contributed by atoms with Gasteiger partial charge in [-0.1, -0.05) is 24.0 Å². The van der Waals surface area contributed by atoms with Gasteiger partial charge >= 0.3 is 6.09 Å². The predicted molar refractivity (Wildman–Crippen MR) is 102 cm³/mol. The van der Waals surface area contributed by atoms with Crippen LogP contribution in [0.4, 0.5) is 4.79 Å². The molecule has 26 heavy (non-hydrogen) atoms. The topological polar surface area (TPSA) is 41.6 Å². The van der Waals surface area contributed by atoms with Crippen molar-refractivity contribution in [1.29, 1.82) is 0 Å². The van der Waals surface area contributed by atoms with Gasteiger partial charge in [-0.25, -0.2) is 4.79 Å². The van der Waals surface area contributed by atoms with Crippen LogP contribution in [0.1, 0.15) is 64.2 Å². The maximum absolute atomic E-state index is 12.4. The second kappa shape index (κ2) is 7.18. The van der Waals surface area contributed by atoms with Crippen molar-refractivity contribution < 1.29 is 9.53 Å². The van der Waals surface area contributed by atoms with Gasteiger partial charge in [-0.3, -0.25) is 0 Å². The van der Waals surface area contributed by atoms with Crippen LogP contribution in [0.25, 0.3) is 0 Å². The van der Waals surface area contributed by atoms with Crippen molar-refractivity contribution in [1.82, 2.24) is 10.2 Å². The average Bonchev–Trinajstić information content (AvgIpc) is 3.17. The Bertz CT molecular complexity index is 581. The largest absolute Gasteiger partial charge is 0.446 e. The first-order chi connectivity index (χ1) is 12.8. The highest BCUT2D eigenvalue weighted by Crippen LogP contribution is 2.55. The van der Waals surface area contributed by atoms with Gasteiger partial charge in [0.25, 0.3) is 0 Å². The van der Waals surface area contributed by atoms with Crippen LogP contribution in [0.5, 0.6) is 0 Å². The molecule has 0 aromatic heterocycles. The van der Waals surface area contributed by atoms with Gasteiger partial charge in [-0.05, 0) is 75.0 Å². The van der Waals surface area contributed by atoms with E-state index in [0.717, 1.165) is 56.8 Å². The lowest BCUT2D eigenvalue weighted by atomic mass is 9.61. The van der Waals surface area contributed by atoms with Gasteiger partial charge in [0.2, 0.25) is 0 Å². The van der Waals surface area contributed by atoms with Gasteiger partial charge in [0, 0.05) is 26.2 Å². The van der Waals surface area contributed by atoms with Gasteiger partial charge in [-0.2, -0.15) is 0 Å². The van der Waals surface area contributed by atoms with E-state index in [0.29, 0.717) is 5.92 Å². The van der Waals surface area contributed by atoms with Gasteiger partial charge in [0.15, 0.2) is 0 Å². The van der Waals surface area contributed by atoms with Gasteiger partial charge in [0.05, 0.1) is 0 Å². The molecule has 4 aliphatic carbocycles. The first-order valence-electron chi connectivity index (χ1n) is 11.2. The Kier molecular flexibility index (Phi) is 4.72. The molecule has 0 bridgehead atoms. The molecular weight excluding hydrogens is 324 g/mol. The highest BCUT2D eigenvalue weighted by atomic mass is 16.6. The Hall–Kier alpha value is -1.03. The van der Waals surface area contributed by atoms with Crippen LogP contribution in [0, 0.1) is 23.7 Å². The number of hydrogen-bond acceptors (Lipinski definition) is 3. The minimum absolute atomic E-state index is 0.0762. The summed E-state index contributed by atoms with van der Waals surface area (Å²) in [5.74, 6) is 3.67. The molecule has 1 heterocycles. The number of allylic oxidation sites excluding steroid dienone is 2. The quantitative estimate of drug-likeness (QED) is 0.717. The third-order valence-corrected chi connectivity index (χ3v) is 8.12. The minimum Gasteiger partial charge on any atom is -0.446 e. The standard InChI is InChI=1S/C22H34N2O2/c25-22(24-12-10-23-11-13-24)26-17-6-9-19-16(14-17)5-8-20-18-3-1-2-15(18)4-7-21(19)20/h15-18,20,23H,1-14H2.